The van der Waals surface area contributed by atoms with Gasteiger partial charge in [-0.15, -0.1) is 0 Å². The van der Waals surface area contributed by atoms with E-state index in [0.29, 0.717) is 11.0 Å². The molecule has 0 spiro atoms. The van der Waals surface area contributed by atoms with Crippen LogP contribution in [0.15, 0.2) is 29.7 Å². The first-order valence-corrected chi connectivity index (χ1v) is 14.9. The monoisotopic (exact) mass is 613 g/mol. The summed E-state index contributed by atoms with van der Waals surface area (Å²) in [5, 5.41) is 20.7. The van der Waals surface area contributed by atoms with Crippen molar-refractivity contribution < 1.29 is 37.7 Å². The molecule has 220 valence electrons. The van der Waals surface area contributed by atoms with E-state index in [1.807, 2.05) is 0 Å². The Kier molecular flexibility index (Phi) is 7.23. The zero-order chi connectivity index (χ0) is 29.1. The van der Waals surface area contributed by atoms with Crippen molar-refractivity contribution >= 4 is 53.0 Å². The van der Waals surface area contributed by atoms with Gasteiger partial charge in [0, 0.05) is 12.6 Å². The van der Waals surface area contributed by atoms with Crippen LogP contribution in [0.3, 0.4) is 0 Å². The van der Waals surface area contributed by atoms with Crippen molar-refractivity contribution in [1.82, 2.24) is 34.1 Å². The molecule has 0 aromatic carbocycles. The third-order valence-corrected chi connectivity index (χ3v) is 8.49. The molecule has 0 unspecified atom stereocenters. The predicted octanol–water partition coefficient (Wildman–Crippen LogP) is 0.0448. The summed E-state index contributed by atoms with van der Waals surface area (Å²) in [5.74, 6) is 0.0353. The minimum Gasteiger partial charge on any atom is -0.394 e. The summed E-state index contributed by atoms with van der Waals surface area (Å²) in [6, 6.07) is 1.59. The van der Waals surface area contributed by atoms with Gasteiger partial charge in [0.15, 0.2) is 29.8 Å². The zero-order valence-corrected chi connectivity index (χ0v) is 22.7. The van der Waals surface area contributed by atoms with Crippen molar-refractivity contribution in [3.63, 3.8) is 0 Å². The van der Waals surface area contributed by atoms with E-state index in [-0.39, 0.29) is 36.0 Å². The van der Waals surface area contributed by atoms with Crippen LogP contribution in [0.4, 0.5) is 16.2 Å². The summed E-state index contributed by atoms with van der Waals surface area (Å²) in [4.78, 5) is 30.6. The Balaban J connectivity index is 1.16. The average molecular weight is 614 g/mol. The van der Waals surface area contributed by atoms with E-state index in [4.69, 9.17) is 30.0 Å². The second-order valence-electron chi connectivity index (χ2n) is 9.47. The van der Waals surface area contributed by atoms with Gasteiger partial charge in [0.05, 0.1) is 31.0 Å². The number of nitrogen functional groups attached to an aromatic ring is 2. The fourth-order valence-electron chi connectivity index (χ4n) is 4.93. The highest BCUT2D eigenvalue weighted by atomic mass is 32.7. The molecule has 20 heteroatoms. The number of ether oxygens (including phenoxy) is 2. The van der Waals surface area contributed by atoms with Crippen molar-refractivity contribution in [3.05, 3.63) is 35.3 Å². The minimum absolute atomic E-state index is 0.0216. The first-order chi connectivity index (χ1) is 19.6. The molecule has 2 aliphatic rings. The molecule has 17 nitrogen and oxygen atoms in total. The van der Waals surface area contributed by atoms with Gasteiger partial charge in [-0.05, 0) is 6.07 Å². The third kappa shape index (κ3) is 5.08. The molecule has 2 fully saturated rings. The fraction of sp³-hybridized carbons (Fsp3) is 0.476. The highest BCUT2D eigenvalue weighted by Gasteiger charge is 2.47. The highest BCUT2D eigenvalue weighted by molar-refractivity contribution is 8.44. The fourth-order valence-corrected chi connectivity index (χ4v) is 6.42. The highest BCUT2D eigenvalue weighted by Crippen LogP contribution is 2.57. The van der Waals surface area contributed by atoms with Gasteiger partial charge in [-0.25, -0.2) is 23.9 Å². The lowest BCUT2D eigenvalue weighted by Crippen LogP contribution is -2.31. The van der Waals surface area contributed by atoms with E-state index >= 15 is 4.39 Å². The number of thiol groups is 1. The Morgan fingerprint density at radius 3 is 2.80 bits per heavy atom. The van der Waals surface area contributed by atoms with Crippen molar-refractivity contribution in [2.75, 3.05) is 24.7 Å². The SMILES string of the molecule is Nc1nc2c(ncn2[C@@H]2O[C@H](CO)C[C@H]2O[P@](=O)(S)OC[C@H]2O[C@@H](n3ccc4c(N)ncnc43)[C@@H](F)[C@@H]2O)c(=O)[nH]1. The van der Waals surface area contributed by atoms with Crippen molar-refractivity contribution in [3.8, 4) is 0 Å². The number of hydrogen-bond donors (Lipinski definition) is 6. The number of anilines is 2. The maximum atomic E-state index is 15.1. The van der Waals surface area contributed by atoms with E-state index in [9.17, 15) is 19.6 Å². The van der Waals surface area contributed by atoms with Gasteiger partial charge in [0.25, 0.3) is 5.56 Å². The summed E-state index contributed by atoms with van der Waals surface area (Å²) in [7, 11) is 0. The van der Waals surface area contributed by atoms with E-state index in [1.165, 1.54) is 28.0 Å². The molecular weight excluding hydrogens is 588 g/mol. The lowest BCUT2D eigenvalue weighted by Gasteiger charge is -2.24. The normalized spacial score (nSPS) is 29.9. The van der Waals surface area contributed by atoms with Crippen molar-refractivity contribution in [2.24, 2.45) is 0 Å². The number of hydrogen-bond acceptors (Lipinski definition) is 14. The number of aliphatic hydroxyl groups excluding tert-OH is 2. The Hall–Kier alpha value is -3.16. The van der Waals surface area contributed by atoms with Gasteiger partial charge in [-0.1, -0.05) is 12.2 Å². The lowest BCUT2D eigenvalue weighted by molar-refractivity contribution is -0.0528. The number of nitrogens with zero attached hydrogens (tertiary/aromatic N) is 6. The number of aliphatic hydroxyl groups is 2. The van der Waals surface area contributed by atoms with Gasteiger partial charge in [-0.2, -0.15) is 4.98 Å². The van der Waals surface area contributed by atoms with E-state index in [0.717, 1.165) is 0 Å². The smallest absolute Gasteiger partial charge is 0.386 e. The summed E-state index contributed by atoms with van der Waals surface area (Å²) in [5.41, 5.74) is 11.3. The molecular formula is C21H25FN9O8PS. The molecule has 8 atom stereocenters. The van der Waals surface area contributed by atoms with Crippen LogP contribution in [0.25, 0.3) is 22.2 Å². The second-order valence-corrected chi connectivity index (χ2v) is 12.3. The molecule has 41 heavy (non-hydrogen) atoms. The van der Waals surface area contributed by atoms with Crippen LogP contribution in [0.5, 0.6) is 0 Å². The molecule has 0 radical (unpaired) electrons. The molecule has 2 aliphatic heterocycles. The Bertz CT molecular complexity index is 1700. The number of aromatic nitrogens is 7. The number of nitrogens with one attached hydrogen (secondary N) is 1. The number of alkyl halides is 1. The van der Waals surface area contributed by atoms with Gasteiger partial charge in [-0.3, -0.25) is 23.4 Å². The Morgan fingerprint density at radius 2 is 2.02 bits per heavy atom. The number of H-pyrrole nitrogens is 1. The molecule has 0 amide bonds. The molecule has 2 saturated heterocycles. The molecule has 7 N–H and O–H groups in total. The molecule has 0 bridgehead atoms. The van der Waals surface area contributed by atoms with E-state index in [2.05, 4.69) is 37.2 Å². The largest absolute Gasteiger partial charge is 0.394 e. The predicted molar refractivity (Wildman–Crippen MR) is 142 cm³/mol. The average Bonchev–Trinajstić information content (AvgIpc) is 3.69. The van der Waals surface area contributed by atoms with Crippen LogP contribution in [0.1, 0.15) is 18.9 Å². The molecule has 4 aromatic rings. The van der Waals surface area contributed by atoms with Gasteiger partial charge in [0.1, 0.15) is 36.1 Å². The number of imidazole rings is 1. The van der Waals surface area contributed by atoms with Gasteiger partial charge < -0.3 is 35.7 Å². The van der Waals surface area contributed by atoms with Crippen molar-refractivity contribution in [1.29, 1.82) is 0 Å². The summed E-state index contributed by atoms with van der Waals surface area (Å²) in [6.45, 7) is -5.12. The number of halogens is 1. The second kappa shape index (κ2) is 10.6. The Labute approximate surface area is 234 Å². The minimum atomic E-state index is -4.19. The zero-order valence-electron chi connectivity index (χ0n) is 20.9. The summed E-state index contributed by atoms with van der Waals surface area (Å²) in [6.07, 6.45) is -4.76. The third-order valence-electron chi connectivity index (χ3n) is 6.85. The van der Waals surface area contributed by atoms with Gasteiger partial charge in [0.2, 0.25) is 5.95 Å². The topological polar surface area (TPSA) is 241 Å². The number of nitrogens with two attached hydrogens (primary N) is 2. The summed E-state index contributed by atoms with van der Waals surface area (Å²) >= 11 is 4.04. The molecule has 6 rings (SSSR count). The lowest BCUT2D eigenvalue weighted by atomic mass is 10.1. The van der Waals surface area contributed by atoms with Gasteiger partial charge >= 0.3 is 6.80 Å². The van der Waals surface area contributed by atoms with E-state index < -0.39 is 62.0 Å². The first-order valence-electron chi connectivity index (χ1n) is 12.3. The maximum absolute atomic E-state index is 15.1. The van der Waals surface area contributed by atoms with Crippen molar-refractivity contribution in [2.45, 2.75) is 49.5 Å². The van der Waals surface area contributed by atoms with Crippen LogP contribution < -0.4 is 17.0 Å². The molecule has 4 aromatic heterocycles. The Morgan fingerprint density at radius 1 is 1.22 bits per heavy atom. The first kappa shape index (κ1) is 28.0. The van der Waals surface area contributed by atoms with Crippen LogP contribution in [0.2, 0.25) is 0 Å². The molecule has 6 heterocycles. The summed E-state index contributed by atoms with van der Waals surface area (Å²) < 4.78 is 53.7. The van der Waals surface area contributed by atoms with Crippen LogP contribution in [0, 0.1) is 0 Å². The van der Waals surface area contributed by atoms with Crippen LogP contribution in [-0.4, -0.2) is 88.1 Å². The van der Waals surface area contributed by atoms with Crippen LogP contribution >= 0.6 is 19.0 Å². The molecule has 0 aliphatic carbocycles. The maximum Gasteiger partial charge on any atom is 0.386 e. The standard InChI is InChI=1S/C21H25FN9O8PS/c22-12-14(33)11(38-20(12)30-2-1-9-15(23)25-6-26-16(9)30)5-36-40(35,41)39-10-3-8(4-32)37-19(10)31-7-27-13-17(31)28-21(24)29-18(13)34/h1-2,6-8,10-12,14,19-20,32-33H,3-5H2,(H,35,41)(H2,23,25,26)(H3,24,28,29,34)/t8-,10+,11+,12-,14+,19+,20+,40+/m0/s1. The number of fused-ring (bicyclic) bond motifs is 2. The molecule has 0 saturated carbocycles. The number of aromatic amines is 1. The quantitative estimate of drug-likeness (QED) is 0.114. The van der Waals surface area contributed by atoms with Crippen LogP contribution in [-0.2, 0) is 23.1 Å². The number of rotatable bonds is 8. The van der Waals surface area contributed by atoms with E-state index in [1.54, 1.807) is 6.07 Å².